The van der Waals surface area contributed by atoms with Crippen LogP contribution < -0.4 is 0 Å². The molecule has 21 heavy (non-hydrogen) atoms. The van der Waals surface area contributed by atoms with Crippen molar-refractivity contribution >= 4 is 24.5 Å². The summed E-state index contributed by atoms with van der Waals surface area (Å²) in [6.45, 7) is 10.4. The van der Waals surface area contributed by atoms with Crippen LogP contribution in [0.5, 0.6) is 0 Å². The molecule has 0 atom stereocenters. The van der Waals surface area contributed by atoms with Gasteiger partial charge in [-0.15, -0.1) is 0 Å². The molecule has 120 valence electrons. The fourth-order valence-electron chi connectivity index (χ4n) is 1.59. The summed E-state index contributed by atoms with van der Waals surface area (Å²) in [5.41, 5.74) is -0.523. The lowest BCUT2D eigenvalue weighted by Gasteiger charge is -2.23. The van der Waals surface area contributed by atoms with Crippen LogP contribution in [0.25, 0.3) is 0 Å². The summed E-state index contributed by atoms with van der Waals surface area (Å²) in [6.07, 6.45) is 0.598. The molecule has 0 heterocycles. The molecule has 0 bridgehead atoms. The Labute approximate surface area is 125 Å². The highest BCUT2D eigenvalue weighted by Gasteiger charge is 2.19. The summed E-state index contributed by atoms with van der Waals surface area (Å²) in [5.74, 6) is -0.445. The molecule has 0 radical (unpaired) electrons. The van der Waals surface area contributed by atoms with E-state index < -0.39 is 11.6 Å². The number of carbonyl (C=O) groups excluding carboxylic acids is 3. The Kier molecular flexibility index (Phi) is 7.62. The minimum Gasteiger partial charge on any atom is -0.460 e. The van der Waals surface area contributed by atoms with Crippen LogP contribution in [0.15, 0.2) is 5.10 Å². The fraction of sp³-hybridized carbons (Fsp3) is 0.714. The quantitative estimate of drug-likeness (QED) is 0.407. The first-order chi connectivity index (χ1) is 9.56. The largest absolute Gasteiger partial charge is 0.460 e. The molecule has 0 aromatic carbocycles. The van der Waals surface area contributed by atoms with Crippen LogP contribution in [0.4, 0.5) is 4.79 Å². The Hall–Kier alpha value is -1.92. The number of likely N-dealkylation sites (N-methyl/N-ethyl adjacent to an activating group) is 1. The van der Waals surface area contributed by atoms with E-state index in [0.717, 1.165) is 5.01 Å². The third-order valence-electron chi connectivity index (χ3n) is 2.35. The van der Waals surface area contributed by atoms with Gasteiger partial charge in [0.25, 0.3) is 0 Å². The number of esters is 1. The van der Waals surface area contributed by atoms with Crippen LogP contribution in [0.1, 0.15) is 40.5 Å². The second kappa shape index (κ2) is 8.39. The topological polar surface area (TPSA) is 79.3 Å². The van der Waals surface area contributed by atoms with E-state index in [4.69, 9.17) is 4.74 Å². The zero-order valence-corrected chi connectivity index (χ0v) is 13.5. The van der Waals surface area contributed by atoms with Crippen molar-refractivity contribution in [1.29, 1.82) is 0 Å². The van der Waals surface area contributed by atoms with E-state index in [0.29, 0.717) is 6.42 Å². The second-order valence-electron chi connectivity index (χ2n) is 5.80. The highest BCUT2D eigenvalue weighted by Crippen LogP contribution is 2.10. The van der Waals surface area contributed by atoms with E-state index in [-0.39, 0.29) is 31.3 Å². The number of urea groups is 1. The molecule has 0 aromatic rings. The van der Waals surface area contributed by atoms with Crippen LogP contribution in [-0.2, 0) is 14.3 Å². The van der Waals surface area contributed by atoms with Crippen LogP contribution in [-0.4, -0.2) is 60.1 Å². The van der Waals surface area contributed by atoms with Crippen molar-refractivity contribution in [2.45, 2.75) is 46.1 Å². The Morgan fingerprint density at radius 1 is 1.24 bits per heavy atom. The molecular formula is C14H25N3O4. The van der Waals surface area contributed by atoms with Gasteiger partial charge in [0.15, 0.2) is 0 Å². The van der Waals surface area contributed by atoms with Crippen LogP contribution >= 0.6 is 0 Å². The summed E-state index contributed by atoms with van der Waals surface area (Å²) in [6, 6.07) is -0.426. The van der Waals surface area contributed by atoms with E-state index in [1.165, 1.54) is 18.9 Å². The molecule has 0 aliphatic heterocycles. The van der Waals surface area contributed by atoms with Crippen molar-refractivity contribution in [2.24, 2.45) is 5.10 Å². The fourth-order valence-corrected chi connectivity index (χ4v) is 1.59. The van der Waals surface area contributed by atoms with Gasteiger partial charge in [-0.3, -0.25) is 9.59 Å². The lowest BCUT2D eigenvalue weighted by molar-refractivity contribution is -0.155. The highest BCUT2D eigenvalue weighted by atomic mass is 16.6. The third kappa shape index (κ3) is 8.78. The maximum atomic E-state index is 12.0. The molecule has 0 aromatic heterocycles. The zero-order chi connectivity index (χ0) is 16.6. The summed E-state index contributed by atoms with van der Waals surface area (Å²) >= 11 is 0. The van der Waals surface area contributed by atoms with Crippen molar-refractivity contribution in [3.8, 4) is 0 Å². The average Bonchev–Trinajstić information content (AvgIpc) is 2.30. The maximum absolute atomic E-state index is 12.0. The second-order valence-corrected chi connectivity index (χ2v) is 5.80. The minimum absolute atomic E-state index is 0.0108. The number of ether oxygens (including phenoxy) is 1. The first-order valence-corrected chi connectivity index (χ1v) is 6.77. The van der Waals surface area contributed by atoms with Crippen LogP contribution in [0.3, 0.4) is 0 Å². The average molecular weight is 299 g/mol. The summed E-state index contributed by atoms with van der Waals surface area (Å²) in [4.78, 5) is 35.8. The van der Waals surface area contributed by atoms with E-state index in [2.05, 4.69) is 11.8 Å². The maximum Gasteiger partial charge on any atom is 0.340 e. The Morgan fingerprint density at radius 3 is 2.24 bits per heavy atom. The Balaban J connectivity index is 4.27. The summed E-state index contributed by atoms with van der Waals surface area (Å²) < 4.78 is 5.17. The molecule has 0 saturated carbocycles. The van der Waals surface area contributed by atoms with Gasteiger partial charge < -0.3 is 9.64 Å². The summed E-state index contributed by atoms with van der Waals surface area (Å²) in [5, 5.41) is 4.75. The Morgan fingerprint density at radius 2 is 1.81 bits per heavy atom. The van der Waals surface area contributed by atoms with Gasteiger partial charge in [0, 0.05) is 26.7 Å². The molecule has 7 heteroatoms. The number of amides is 2. The van der Waals surface area contributed by atoms with Gasteiger partial charge in [-0.1, -0.05) is 0 Å². The van der Waals surface area contributed by atoms with Gasteiger partial charge in [0.2, 0.25) is 0 Å². The molecule has 0 spiro atoms. The monoisotopic (exact) mass is 299 g/mol. The molecule has 2 amide bonds. The number of Topliss-reactive ketones (excluding diaryl/α,β-unsaturated/α-hetero) is 1. The van der Waals surface area contributed by atoms with E-state index >= 15 is 0 Å². The molecule has 7 nitrogen and oxygen atoms in total. The normalized spacial score (nSPS) is 10.7. The molecule has 0 saturated heterocycles. The third-order valence-corrected chi connectivity index (χ3v) is 2.35. The van der Waals surface area contributed by atoms with Crippen molar-refractivity contribution in [3.63, 3.8) is 0 Å². The van der Waals surface area contributed by atoms with Gasteiger partial charge in [0.1, 0.15) is 11.4 Å². The molecule has 0 N–H and O–H groups in total. The molecule has 0 fully saturated rings. The minimum atomic E-state index is -0.523. The standard InChI is InChI=1S/C14H25N3O4/c1-11(18)10-16(6)13(20)17(15-5)9-7-8-12(19)21-14(2,3)4/h5,7-10H2,1-4,6H3. The van der Waals surface area contributed by atoms with Gasteiger partial charge in [-0.25, -0.2) is 9.80 Å². The SMILES string of the molecule is C=NN(CCCC(=O)OC(C)(C)C)C(=O)N(C)CC(C)=O. The molecular weight excluding hydrogens is 274 g/mol. The van der Waals surface area contributed by atoms with Gasteiger partial charge in [-0.05, 0) is 34.1 Å². The lowest BCUT2D eigenvalue weighted by atomic mass is 10.2. The predicted octanol–water partition coefficient (Wildman–Crippen LogP) is 1.67. The number of rotatable bonds is 7. The van der Waals surface area contributed by atoms with Gasteiger partial charge >= 0.3 is 12.0 Å². The predicted molar refractivity (Wildman–Crippen MR) is 80.0 cm³/mol. The number of nitrogens with zero attached hydrogens (tertiary/aromatic N) is 3. The van der Waals surface area contributed by atoms with E-state index in [1.807, 2.05) is 0 Å². The van der Waals surface area contributed by atoms with Crippen molar-refractivity contribution in [3.05, 3.63) is 0 Å². The van der Waals surface area contributed by atoms with E-state index in [1.54, 1.807) is 20.8 Å². The Bertz CT molecular complexity index is 402. The summed E-state index contributed by atoms with van der Waals surface area (Å²) in [7, 11) is 1.51. The van der Waals surface area contributed by atoms with Crippen LogP contribution in [0, 0.1) is 0 Å². The molecule has 0 rings (SSSR count). The van der Waals surface area contributed by atoms with Crippen molar-refractivity contribution in [2.75, 3.05) is 20.1 Å². The highest BCUT2D eigenvalue weighted by molar-refractivity contribution is 5.83. The van der Waals surface area contributed by atoms with Crippen molar-refractivity contribution < 1.29 is 19.1 Å². The molecule has 0 aliphatic carbocycles. The smallest absolute Gasteiger partial charge is 0.340 e. The van der Waals surface area contributed by atoms with Crippen molar-refractivity contribution in [1.82, 2.24) is 9.91 Å². The first kappa shape index (κ1) is 19.1. The number of carbonyl (C=O) groups is 3. The van der Waals surface area contributed by atoms with E-state index in [9.17, 15) is 14.4 Å². The first-order valence-electron chi connectivity index (χ1n) is 6.77. The van der Waals surface area contributed by atoms with Crippen LogP contribution in [0.2, 0.25) is 0 Å². The number of hydrazone groups is 1. The van der Waals surface area contributed by atoms with Gasteiger partial charge in [-0.2, -0.15) is 5.10 Å². The zero-order valence-electron chi connectivity index (χ0n) is 13.5. The number of hydrogen-bond donors (Lipinski definition) is 0. The lowest BCUT2D eigenvalue weighted by Crippen LogP contribution is -2.40. The molecule has 0 unspecified atom stereocenters. The number of hydrogen-bond acceptors (Lipinski definition) is 5. The number of ketones is 1. The van der Waals surface area contributed by atoms with Gasteiger partial charge in [0.05, 0.1) is 6.54 Å². The molecule has 0 aliphatic rings.